The van der Waals surface area contributed by atoms with Gasteiger partial charge in [-0.15, -0.1) is 0 Å². The van der Waals surface area contributed by atoms with Crippen molar-refractivity contribution < 1.29 is 14.7 Å². The molecule has 18 heavy (non-hydrogen) atoms. The lowest BCUT2D eigenvalue weighted by atomic mass is 10.0. The molecule has 1 aromatic rings. The van der Waals surface area contributed by atoms with Gasteiger partial charge in [0.15, 0.2) is 0 Å². The number of nitrogens with two attached hydrogens (primary N) is 1. The van der Waals surface area contributed by atoms with E-state index in [1.165, 1.54) is 0 Å². The molecule has 5 nitrogen and oxygen atoms in total. The zero-order valence-electron chi connectivity index (χ0n) is 10.5. The van der Waals surface area contributed by atoms with E-state index in [2.05, 4.69) is 5.32 Å². The first-order chi connectivity index (χ1) is 8.40. The van der Waals surface area contributed by atoms with Crippen LogP contribution >= 0.6 is 0 Å². The summed E-state index contributed by atoms with van der Waals surface area (Å²) in [7, 11) is 0. The van der Waals surface area contributed by atoms with Crippen LogP contribution < -0.4 is 11.1 Å². The molecule has 0 aliphatic rings. The monoisotopic (exact) mass is 250 g/mol. The first-order valence-corrected chi connectivity index (χ1v) is 5.77. The van der Waals surface area contributed by atoms with Crippen LogP contribution in [0, 0.1) is 5.92 Å². The molecular formula is C13H18N2O3. The number of anilines is 1. The Morgan fingerprint density at radius 3 is 2.61 bits per heavy atom. The second-order valence-electron chi connectivity index (χ2n) is 4.53. The summed E-state index contributed by atoms with van der Waals surface area (Å²) in [6.07, 6.45) is -0.0695. The molecule has 0 aromatic heterocycles. The summed E-state index contributed by atoms with van der Waals surface area (Å²) < 4.78 is 0. The first-order valence-electron chi connectivity index (χ1n) is 5.77. The highest BCUT2D eigenvalue weighted by molar-refractivity contribution is 5.94. The van der Waals surface area contributed by atoms with Crippen LogP contribution in [0.15, 0.2) is 24.3 Å². The van der Waals surface area contributed by atoms with Crippen molar-refractivity contribution in [3.63, 3.8) is 0 Å². The van der Waals surface area contributed by atoms with Crippen molar-refractivity contribution in [1.82, 2.24) is 0 Å². The van der Waals surface area contributed by atoms with Crippen molar-refractivity contribution in [2.45, 2.75) is 26.3 Å². The lowest BCUT2D eigenvalue weighted by Gasteiger charge is -2.15. The number of rotatable bonds is 5. The molecule has 0 fully saturated rings. The minimum Gasteiger partial charge on any atom is -0.481 e. The van der Waals surface area contributed by atoms with E-state index in [1.807, 2.05) is 13.8 Å². The van der Waals surface area contributed by atoms with Gasteiger partial charge in [-0.1, -0.05) is 26.0 Å². The summed E-state index contributed by atoms with van der Waals surface area (Å²) >= 11 is 0. The molecule has 1 atom stereocenters. The third kappa shape index (κ3) is 4.18. The molecule has 1 aromatic carbocycles. The van der Waals surface area contributed by atoms with Crippen LogP contribution in [0.1, 0.15) is 19.4 Å². The van der Waals surface area contributed by atoms with Gasteiger partial charge in [0.05, 0.1) is 12.5 Å². The summed E-state index contributed by atoms with van der Waals surface area (Å²) in [4.78, 5) is 22.3. The van der Waals surface area contributed by atoms with Gasteiger partial charge in [-0.05, 0) is 23.6 Å². The van der Waals surface area contributed by atoms with E-state index < -0.39 is 12.0 Å². The molecule has 0 heterocycles. The zero-order chi connectivity index (χ0) is 13.7. The molecular weight excluding hydrogens is 232 g/mol. The normalized spacial score (nSPS) is 12.2. The van der Waals surface area contributed by atoms with Gasteiger partial charge in [0.25, 0.3) is 0 Å². The number of aliphatic carboxylic acids is 1. The summed E-state index contributed by atoms with van der Waals surface area (Å²) in [5.74, 6) is -1.12. The Labute approximate surface area is 106 Å². The third-order valence-electron chi connectivity index (χ3n) is 2.57. The van der Waals surface area contributed by atoms with Crippen molar-refractivity contribution in [3.05, 3.63) is 29.8 Å². The fourth-order valence-corrected chi connectivity index (χ4v) is 1.46. The lowest BCUT2D eigenvalue weighted by Crippen LogP contribution is -2.39. The molecule has 0 aliphatic heterocycles. The zero-order valence-corrected chi connectivity index (χ0v) is 10.5. The molecule has 0 radical (unpaired) electrons. The van der Waals surface area contributed by atoms with E-state index in [4.69, 9.17) is 10.8 Å². The number of carbonyl (C=O) groups is 2. The molecule has 0 saturated carbocycles. The third-order valence-corrected chi connectivity index (χ3v) is 2.57. The largest absolute Gasteiger partial charge is 0.481 e. The second-order valence-corrected chi connectivity index (χ2v) is 4.53. The fourth-order valence-electron chi connectivity index (χ4n) is 1.46. The number of benzene rings is 1. The number of carbonyl (C=O) groups excluding carboxylic acids is 1. The molecule has 1 rings (SSSR count). The van der Waals surface area contributed by atoms with Gasteiger partial charge in [-0.25, -0.2) is 0 Å². The van der Waals surface area contributed by atoms with Gasteiger partial charge in [0.1, 0.15) is 0 Å². The molecule has 0 spiro atoms. The number of amides is 1. The van der Waals surface area contributed by atoms with Crippen LogP contribution in [0.3, 0.4) is 0 Å². The summed E-state index contributed by atoms with van der Waals surface area (Å²) in [6, 6.07) is 6.17. The van der Waals surface area contributed by atoms with Gasteiger partial charge >= 0.3 is 5.97 Å². The highest BCUT2D eigenvalue weighted by atomic mass is 16.4. The van der Waals surface area contributed by atoms with E-state index in [1.54, 1.807) is 24.3 Å². The SMILES string of the molecule is CC(C)C(N)C(=O)Nc1cccc(CC(=O)O)c1. The first kappa shape index (κ1) is 14.2. The van der Waals surface area contributed by atoms with Crippen LogP contribution in [0.4, 0.5) is 5.69 Å². The molecule has 98 valence electrons. The molecule has 4 N–H and O–H groups in total. The van der Waals surface area contributed by atoms with Gasteiger partial charge in [-0.3, -0.25) is 9.59 Å². The smallest absolute Gasteiger partial charge is 0.307 e. The predicted molar refractivity (Wildman–Crippen MR) is 69.2 cm³/mol. The Hall–Kier alpha value is -1.88. The molecule has 0 aliphatic carbocycles. The van der Waals surface area contributed by atoms with Crippen molar-refractivity contribution in [2.24, 2.45) is 11.7 Å². The van der Waals surface area contributed by atoms with Crippen molar-refractivity contribution in [3.8, 4) is 0 Å². The summed E-state index contributed by atoms with van der Waals surface area (Å²) in [5, 5.41) is 11.4. The van der Waals surface area contributed by atoms with E-state index in [9.17, 15) is 9.59 Å². The Morgan fingerprint density at radius 2 is 2.06 bits per heavy atom. The maximum Gasteiger partial charge on any atom is 0.307 e. The summed E-state index contributed by atoms with van der Waals surface area (Å²) in [6.45, 7) is 3.73. The average Bonchev–Trinajstić information content (AvgIpc) is 2.27. The lowest BCUT2D eigenvalue weighted by molar-refractivity contribution is -0.136. The van der Waals surface area contributed by atoms with Gasteiger partial charge in [0, 0.05) is 5.69 Å². The van der Waals surface area contributed by atoms with Gasteiger partial charge in [0.2, 0.25) is 5.91 Å². The molecule has 1 amide bonds. The van der Waals surface area contributed by atoms with E-state index in [0.29, 0.717) is 11.3 Å². The minimum atomic E-state index is -0.905. The Bertz CT molecular complexity index is 444. The van der Waals surface area contributed by atoms with Crippen LogP contribution in [0.2, 0.25) is 0 Å². The van der Waals surface area contributed by atoms with E-state index in [-0.39, 0.29) is 18.2 Å². The Morgan fingerprint density at radius 1 is 1.39 bits per heavy atom. The van der Waals surface area contributed by atoms with E-state index in [0.717, 1.165) is 0 Å². The molecule has 0 saturated heterocycles. The second kappa shape index (κ2) is 6.16. The van der Waals surface area contributed by atoms with Crippen LogP contribution in [0.5, 0.6) is 0 Å². The number of carboxylic acid groups (broad SMARTS) is 1. The Balaban J connectivity index is 2.73. The molecule has 1 unspecified atom stereocenters. The van der Waals surface area contributed by atoms with Gasteiger partial charge in [-0.2, -0.15) is 0 Å². The number of hydrogen-bond acceptors (Lipinski definition) is 3. The van der Waals surface area contributed by atoms with Crippen molar-refractivity contribution in [1.29, 1.82) is 0 Å². The summed E-state index contributed by atoms with van der Waals surface area (Å²) in [5.41, 5.74) is 6.92. The maximum atomic E-state index is 11.7. The Kier molecular flexibility index (Phi) is 4.85. The van der Waals surface area contributed by atoms with Crippen molar-refractivity contribution in [2.75, 3.05) is 5.32 Å². The fraction of sp³-hybridized carbons (Fsp3) is 0.385. The maximum absolute atomic E-state index is 11.7. The quantitative estimate of drug-likeness (QED) is 0.733. The highest BCUT2D eigenvalue weighted by Gasteiger charge is 2.17. The topological polar surface area (TPSA) is 92.4 Å². The van der Waals surface area contributed by atoms with Crippen molar-refractivity contribution >= 4 is 17.6 Å². The van der Waals surface area contributed by atoms with Gasteiger partial charge < -0.3 is 16.2 Å². The standard InChI is InChI=1S/C13H18N2O3/c1-8(2)12(14)13(18)15-10-5-3-4-9(6-10)7-11(16)17/h3-6,8,12H,7,14H2,1-2H3,(H,15,18)(H,16,17). The predicted octanol–water partition coefficient (Wildman–Crippen LogP) is 1.24. The van der Waals surface area contributed by atoms with Crippen LogP contribution in [0.25, 0.3) is 0 Å². The molecule has 0 bridgehead atoms. The number of carboxylic acids is 1. The van der Waals surface area contributed by atoms with Crippen LogP contribution in [-0.4, -0.2) is 23.0 Å². The number of hydrogen-bond donors (Lipinski definition) is 3. The minimum absolute atomic E-state index is 0.0483. The average molecular weight is 250 g/mol. The molecule has 5 heteroatoms. The van der Waals surface area contributed by atoms with E-state index >= 15 is 0 Å². The van der Waals surface area contributed by atoms with Crippen LogP contribution in [-0.2, 0) is 16.0 Å². The number of nitrogens with one attached hydrogen (secondary N) is 1. The highest BCUT2D eigenvalue weighted by Crippen LogP contribution is 2.12.